The Kier molecular flexibility index (Phi) is 4.49. The van der Waals surface area contributed by atoms with Crippen LogP contribution in [0.5, 0.6) is 0 Å². The van der Waals surface area contributed by atoms with Gasteiger partial charge in [-0.3, -0.25) is 0 Å². The molecular formula is C17H14FNO3S2. The van der Waals surface area contributed by atoms with Crippen LogP contribution in [0.1, 0.15) is 5.01 Å². The molecule has 3 aromatic rings. The molecule has 0 fully saturated rings. The Morgan fingerprint density at radius 1 is 1.04 bits per heavy atom. The second kappa shape index (κ2) is 6.43. The van der Waals surface area contributed by atoms with Gasteiger partial charge in [0.1, 0.15) is 10.8 Å². The fourth-order valence-corrected chi connectivity index (χ4v) is 3.87. The van der Waals surface area contributed by atoms with E-state index in [1.807, 2.05) is 0 Å². The molecule has 0 amide bonds. The average Bonchev–Trinajstić information content (AvgIpc) is 2.99. The minimum atomic E-state index is -3.27. The van der Waals surface area contributed by atoms with Crippen molar-refractivity contribution in [3.05, 3.63) is 59.4 Å². The Hall–Kier alpha value is -2.09. The summed E-state index contributed by atoms with van der Waals surface area (Å²) in [6, 6.07) is 12.4. The van der Waals surface area contributed by atoms with Gasteiger partial charge in [-0.25, -0.2) is 17.8 Å². The van der Waals surface area contributed by atoms with Crippen LogP contribution in [-0.2, 0) is 16.4 Å². The normalized spacial score (nSPS) is 11.6. The Labute approximate surface area is 143 Å². The van der Waals surface area contributed by atoms with Crippen LogP contribution < -0.4 is 0 Å². The number of thiazole rings is 1. The van der Waals surface area contributed by atoms with E-state index >= 15 is 0 Å². The molecular weight excluding hydrogens is 349 g/mol. The molecule has 0 bridgehead atoms. The van der Waals surface area contributed by atoms with Crippen molar-refractivity contribution in [3.8, 4) is 21.7 Å². The van der Waals surface area contributed by atoms with Gasteiger partial charge in [0, 0.05) is 11.8 Å². The molecule has 0 radical (unpaired) electrons. The van der Waals surface area contributed by atoms with Crippen molar-refractivity contribution in [1.82, 2.24) is 4.98 Å². The predicted octanol–water partition coefficient (Wildman–Crippen LogP) is 3.51. The van der Waals surface area contributed by atoms with Crippen LogP contribution >= 0.6 is 11.3 Å². The van der Waals surface area contributed by atoms with Gasteiger partial charge in [-0.1, -0.05) is 24.3 Å². The monoisotopic (exact) mass is 363 g/mol. The lowest BCUT2D eigenvalue weighted by Gasteiger charge is -2.04. The van der Waals surface area contributed by atoms with Crippen molar-refractivity contribution >= 4 is 21.2 Å². The van der Waals surface area contributed by atoms with E-state index < -0.39 is 9.84 Å². The summed E-state index contributed by atoms with van der Waals surface area (Å²) in [7, 11) is -3.27. The summed E-state index contributed by atoms with van der Waals surface area (Å²) < 4.78 is 36.3. The van der Waals surface area contributed by atoms with Crippen molar-refractivity contribution in [2.75, 3.05) is 6.26 Å². The van der Waals surface area contributed by atoms with E-state index in [4.69, 9.17) is 0 Å². The summed E-state index contributed by atoms with van der Waals surface area (Å²) in [5.41, 5.74) is 2.16. The van der Waals surface area contributed by atoms with Crippen molar-refractivity contribution in [2.24, 2.45) is 0 Å². The Bertz CT molecular complexity index is 962. The Morgan fingerprint density at radius 3 is 2.17 bits per heavy atom. The number of rotatable bonds is 4. The molecule has 0 saturated heterocycles. The first-order valence-corrected chi connectivity index (χ1v) is 9.76. The zero-order chi connectivity index (χ0) is 17.3. The Balaban J connectivity index is 2.10. The van der Waals surface area contributed by atoms with E-state index in [0.29, 0.717) is 10.7 Å². The summed E-state index contributed by atoms with van der Waals surface area (Å²) in [4.78, 5) is 5.44. The van der Waals surface area contributed by atoms with Crippen LogP contribution in [-0.4, -0.2) is 24.8 Å². The van der Waals surface area contributed by atoms with Crippen LogP contribution in [0.4, 0.5) is 4.39 Å². The maximum Gasteiger partial charge on any atom is 0.175 e. The highest BCUT2D eigenvalue weighted by Crippen LogP contribution is 2.37. The molecule has 1 heterocycles. The van der Waals surface area contributed by atoms with E-state index in [2.05, 4.69) is 4.98 Å². The number of sulfone groups is 1. The summed E-state index contributed by atoms with van der Waals surface area (Å²) in [5.74, 6) is -0.329. The maximum atomic E-state index is 13.1. The molecule has 0 aliphatic carbocycles. The molecule has 3 rings (SSSR count). The fraction of sp³-hybridized carbons (Fsp3) is 0.118. The molecule has 1 aromatic heterocycles. The van der Waals surface area contributed by atoms with Gasteiger partial charge >= 0.3 is 0 Å². The maximum absolute atomic E-state index is 13.1. The molecule has 0 aliphatic rings. The zero-order valence-electron chi connectivity index (χ0n) is 12.7. The number of benzene rings is 2. The quantitative estimate of drug-likeness (QED) is 0.770. The highest BCUT2D eigenvalue weighted by molar-refractivity contribution is 7.90. The highest BCUT2D eigenvalue weighted by Gasteiger charge is 2.16. The van der Waals surface area contributed by atoms with E-state index in [-0.39, 0.29) is 17.3 Å². The predicted molar refractivity (Wildman–Crippen MR) is 92.0 cm³/mol. The SMILES string of the molecule is CS(=O)(=O)c1ccc(-c2nc(CO)sc2-c2ccc(F)cc2)cc1. The van der Waals surface area contributed by atoms with E-state index in [1.54, 1.807) is 24.3 Å². The molecule has 24 heavy (non-hydrogen) atoms. The van der Waals surface area contributed by atoms with E-state index in [1.165, 1.54) is 35.6 Å². The number of nitrogens with zero attached hydrogens (tertiary/aromatic N) is 1. The van der Waals surface area contributed by atoms with Crippen molar-refractivity contribution in [3.63, 3.8) is 0 Å². The largest absolute Gasteiger partial charge is 0.389 e. The molecule has 0 saturated carbocycles. The first-order valence-electron chi connectivity index (χ1n) is 7.05. The molecule has 124 valence electrons. The van der Waals surface area contributed by atoms with Gasteiger partial charge in [0.25, 0.3) is 0 Å². The standard InChI is InChI=1S/C17H14FNO3S2/c1-24(21,22)14-8-4-11(5-9-14)16-17(23-15(10-20)19-16)12-2-6-13(18)7-3-12/h2-9,20H,10H2,1H3. The average molecular weight is 363 g/mol. The summed E-state index contributed by atoms with van der Waals surface area (Å²) in [6.45, 7) is -0.194. The molecule has 0 unspecified atom stereocenters. The lowest BCUT2D eigenvalue weighted by atomic mass is 10.1. The lowest BCUT2D eigenvalue weighted by molar-refractivity contribution is 0.281. The third-order valence-corrected chi connectivity index (χ3v) is 5.69. The molecule has 4 nitrogen and oxygen atoms in total. The number of hydrogen-bond acceptors (Lipinski definition) is 5. The molecule has 0 atom stereocenters. The van der Waals surface area contributed by atoms with Crippen LogP contribution in [0.25, 0.3) is 21.7 Å². The summed E-state index contributed by atoms with van der Waals surface area (Å²) in [6.07, 6.45) is 1.15. The first-order chi connectivity index (χ1) is 11.4. The molecule has 2 aromatic carbocycles. The third-order valence-electron chi connectivity index (χ3n) is 3.47. The van der Waals surface area contributed by atoms with Crippen molar-refractivity contribution in [1.29, 1.82) is 0 Å². The molecule has 0 spiro atoms. The van der Waals surface area contributed by atoms with Gasteiger partial charge in [0.15, 0.2) is 9.84 Å². The van der Waals surface area contributed by atoms with Gasteiger partial charge in [0.05, 0.1) is 22.1 Å². The highest BCUT2D eigenvalue weighted by atomic mass is 32.2. The van der Waals surface area contributed by atoms with Crippen LogP contribution in [0.15, 0.2) is 53.4 Å². The van der Waals surface area contributed by atoms with Gasteiger partial charge < -0.3 is 5.11 Å². The number of aromatic nitrogens is 1. The minimum Gasteiger partial charge on any atom is -0.389 e. The van der Waals surface area contributed by atoms with Crippen molar-refractivity contribution < 1.29 is 17.9 Å². The fourth-order valence-electron chi connectivity index (χ4n) is 2.28. The lowest BCUT2D eigenvalue weighted by Crippen LogP contribution is -1.96. The molecule has 7 heteroatoms. The first kappa shape index (κ1) is 16.8. The molecule has 1 N–H and O–H groups in total. The second-order valence-corrected chi connectivity index (χ2v) is 8.35. The Morgan fingerprint density at radius 2 is 1.62 bits per heavy atom. The minimum absolute atomic E-state index is 0.194. The topological polar surface area (TPSA) is 67.3 Å². The number of aliphatic hydroxyl groups is 1. The number of halogens is 1. The van der Waals surface area contributed by atoms with Crippen LogP contribution in [0, 0.1) is 5.82 Å². The zero-order valence-corrected chi connectivity index (χ0v) is 14.4. The summed E-state index contributed by atoms with van der Waals surface area (Å²) in [5, 5.41) is 9.91. The summed E-state index contributed by atoms with van der Waals surface area (Å²) >= 11 is 1.32. The second-order valence-electron chi connectivity index (χ2n) is 5.25. The van der Waals surface area contributed by atoms with Crippen LogP contribution in [0.3, 0.4) is 0 Å². The van der Waals surface area contributed by atoms with Crippen molar-refractivity contribution in [2.45, 2.75) is 11.5 Å². The van der Waals surface area contributed by atoms with Gasteiger partial charge in [-0.15, -0.1) is 11.3 Å². The van der Waals surface area contributed by atoms with Gasteiger partial charge in [0.2, 0.25) is 0 Å². The smallest absolute Gasteiger partial charge is 0.175 e. The van der Waals surface area contributed by atoms with Gasteiger partial charge in [-0.2, -0.15) is 0 Å². The van der Waals surface area contributed by atoms with E-state index in [0.717, 1.165) is 22.3 Å². The molecule has 0 aliphatic heterocycles. The number of aliphatic hydroxyl groups excluding tert-OH is 1. The van der Waals surface area contributed by atoms with E-state index in [9.17, 15) is 17.9 Å². The number of hydrogen-bond donors (Lipinski definition) is 1. The van der Waals surface area contributed by atoms with Crippen LogP contribution in [0.2, 0.25) is 0 Å². The third kappa shape index (κ3) is 3.38. The van der Waals surface area contributed by atoms with Gasteiger partial charge in [-0.05, 0) is 29.8 Å².